The van der Waals surface area contributed by atoms with Crippen molar-refractivity contribution in [3.8, 4) is 0 Å². The van der Waals surface area contributed by atoms with Crippen LogP contribution in [-0.4, -0.2) is 9.97 Å². The van der Waals surface area contributed by atoms with Crippen molar-refractivity contribution in [2.75, 3.05) is 0 Å². The van der Waals surface area contributed by atoms with Crippen molar-refractivity contribution in [1.82, 2.24) is 9.97 Å². The lowest BCUT2D eigenvalue weighted by molar-refractivity contribution is -0.144. The average molecular weight is 255 g/mol. The van der Waals surface area contributed by atoms with E-state index in [0.29, 0.717) is 5.39 Å². The predicted octanol–water partition coefficient (Wildman–Crippen LogP) is 2.84. The van der Waals surface area contributed by atoms with E-state index >= 15 is 0 Å². The van der Waals surface area contributed by atoms with Gasteiger partial charge in [0.2, 0.25) is 5.82 Å². The fraction of sp³-hybridized carbons (Fsp3) is 0.333. The molecule has 1 aromatic heterocycles. The Morgan fingerprint density at radius 2 is 1.67 bits per heavy atom. The van der Waals surface area contributed by atoms with Gasteiger partial charge in [-0.2, -0.15) is 13.2 Å². The van der Waals surface area contributed by atoms with Crippen molar-refractivity contribution in [2.24, 2.45) is 5.73 Å². The van der Waals surface area contributed by atoms with Crippen molar-refractivity contribution in [2.45, 2.75) is 25.6 Å². The number of rotatable bonds is 1. The summed E-state index contributed by atoms with van der Waals surface area (Å²) in [6, 6.07) is 6.53. The van der Waals surface area contributed by atoms with Gasteiger partial charge in [0.15, 0.2) is 0 Å². The molecule has 0 amide bonds. The summed E-state index contributed by atoms with van der Waals surface area (Å²) in [5.41, 5.74) is 5.35. The van der Waals surface area contributed by atoms with E-state index in [1.54, 1.807) is 32.0 Å². The number of nitrogens with two attached hydrogens (primary N) is 1. The van der Waals surface area contributed by atoms with Crippen LogP contribution in [0, 0.1) is 0 Å². The van der Waals surface area contributed by atoms with Crippen molar-refractivity contribution in [3.63, 3.8) is 0 Å². The summed E-state index contributed by atoms with van der Waals surface area (Å²) in [6.45, 7) is 3.23. The van der Waals surface area contributed by atoms with E-state index in [1.807, 2.05) is 0 Å². The van der Waals surface area contributed by atoms with Gasteiger partial charge in [-0.25, -0.2) is 9.97 Å². The zero-order chi connectivity index (χ0) is 13.6. The SMILES string of the molecule is CC(C)(N)c1nc(C(F)(F)F)nc2ccccc12. The third-order valence-corrected chi connectivity index (χ3v) is 2.47. The molecule has 6 heteroatoms. The molecule has 3 nitrogen and oxygen atoms in total. The molecule has 0 unspecified atom stereocenters. The standard InChI is InChI=1S/C12H12F3N3/c1-11(2,16)9-7-5-3-4-6-8(7)17-10(18-9)12(13,14)15/h3-6H,16H2,1-2H3. The Morgan fingerprint density at radius 1 is 1.06 bits per heavy atom. The molecular weight excluding hydrogens is 243 g/mol. The minimum Gasteiger partial charge on any atom is -0.321 e. The lowest BCUT2D eigenvalue weighted by atomic mass is 9.97. The van der Waals surface area contributed by atoms with Gasteiger partial charge in [-0.3, -0.25) is 0 Å². The first-order valence-electron chi connectivity index (χ1n) is 5.33. The number of hydrogen-bond donors (Lipinski definition) is 1. The predicted molar refractivity (Wildman–Crippen MR) is 61.8 cm³/mol. The van der Waals surface area contributed by atoms with Gasteiger partial charge < -0.3 is 5.73 Å². The zero-order valence-electron chi connectivity index (χ0n) is 9.92. The Balaban J connectivity index is 2.81. The third kappa shape index (κ3) is 2.28. The molecule has 2 N–H and O–H groups in total. The highest BCUT2D eigenvalue weighted by atomic mass is 19.4. The summed E-state index contributed by atoms with van der Waals surface area (Å²) in [5, 5.41) is 0.540. The molecule has 0 fully saturated rings. The maximum Gasteiger partial charge on any atom is 0.451 e. The molecular formula is C12H12F3N3. The molecule has 0 bridgehead atoms. The first-order valence-corrected chi connectivity index (χ1v) is 5.33. The van der Waals surface area contributed by atoms with Crippen LogP contribution in [0.15, 0.2) is 24.3 Å². The van der Waals surface area contributed by atoms with Crippen LogP contribution >= 0.6 is 0 Å². The maximum atomic E-state index is 12.7. The molecule has 0 saturated carbocycles. The summed E-state index contributed by atoms with van der Waals surface area (Å²) in [6.07, 6.45) is -4.58. The Bertz CT molecular complexity index is 585. The maximum absolute atomic E-state index is 12.7. The first-order chi connectivity index (χ1) is 8.19. The Hall–Kier alpha value is -1.69. The lowest BCUT2D eigenvalue weighted by Crippen LogP contribution is -2.31. The quantitative estimate of drug-likeness (QED) is 0.852. The number of benzene rings is 1. The van der Waals surface area contributed by atoms with Crippen LogP contribution in [0.2, 0.25) is 0 Å². The summed E-state index contributed by atoms with van der Waals surface area (Å²) in [4.78, 5) is 7.11. The number of nitrogens with zero attached hydrogens (tertiary/aromatic N) is 2. The topological polar surface area (TPSA) is 51.8 Å². The summed E-state index contributed by atoms with van der Waals surface area (Å²) < 4.78 is 38.2. The number of halogens is 3. The minimum absolute atomic E-state index is 0.195. The third-order valence-electron chi connectivity index (χ3n) is 2.47. The van der Waals surface area contributed by atoms with Crippen molar-refractivity contribution < 1.29 is 13.2 Å². The first kappa shape index (κ1) is 12.8. The summed E-state index contributed by atoms with van der Waals surface area (Å²) in [7, 11) is 0. The van der Waals surface area contributed by atoms with E-state index < -0.39 is 17.5 Å². The monoisotopic (exact) mass is 255 g/mol. The normalized spacial score (nSPS) is 13.0. The molecule has 0 atom stereocenters. The average Bonchev–Trinajstić information content (AvgIpc) is 2.25. The van der Waals surface area contributed by atoms with Crippen molar-refractivity contribution in [1.29, 1.82) is 0 Å². The van der Waals surface area contributed by atoms with Gasteiger partial charge in [0.25, 0.3) is 0 Å². The second kappa shape index (κ2) is 3.91. The van der Waals surface area contributed by atoms with Crippen LogP contribution in [0.1, 0.15) is 25.4 Å². The second-order valence-electron chi connectivity index (χ2n) is 4.63. The zero-order valence-corrected chi connectivity index (χ0v) is 9.92. The van der Waals surface area contributed by atoms with Crippen LogP contribution < -0.4 is 5.73 Å². The number of para-hydroxylation sites is 1. The molecule has 18 heavy (non-hydrogen) atoms. The fourth-order valence-corrected chi connectivity index (χ4v) is 1.69. The number of hydrogen-bond acceptors (Lipinski definition) is 3. The number of fused-ring (bicyclic) bond motifs is 1. The van der Waals surface area contributed by atoms with Crippen LogP contribution in [-0.2, 0) is 11.7 Å². The Morgan fingerprint density at radius 3 is 2.22 bits per heavy atom. The Labute approximate surface area is 102 Å². The van der Waals surface area contributed by atoms with E-state index in [-0.39, 0.29) is 11.2 Å². The number of aromatic nitrogens is 2. The molecule has 0 aliphatic carbocycles. The largest absolute Gasteiger partial charge is 0.451 e. The number of alkyl halides is 3. The molecule has 0 radical (unpaired) electrons. The molecule has 0 saturated heterocycles. The van der Waals surface area contributed by atoms with E-state index in [2.05, 4.69) is 9.97 Å². The smallest absolute Gasteiger partial charge is 0.321 e. The molecule has 96 valence electrons. The van der Waals surface area contributed by atoms with Gasteiger partial charge in [-0.1, -0.05) is 18.2 Å². The van der Waals surface area contributed by atoms with Crippen LogP contribution in [0.4, 0.5) is 13.2 Å². The Kier molecular flexibility index (Phi) is 2.77. The lowest BCUT2D eigenvalue weighted by Gasteiger charge is -2.21. The minimum atomic E-state index is -4.58. The summed E-state index contributed by atoms with van der Waals surface area (Å²) in [5.74, 6) is -1.16. The molecule has 0 aliphatic rings. The van der Waals surface area contributed by atoms with Crippen LogP contribution in [0.25, 0.3) is 10.9 Å². The second-order valence-corrected chi connectivity index (χ2v) is 4.63. The molecule has 1 aromatic carbocycles. The van der Waals surface area contributed by atoms with Crippen LogP contribution in [0.5, 0.6) is 0 Å². The van der Waals surface area contributed by atoms with Gasteiger partial charge in [0, 0.05) is 5.39 Å². The highest BCUT2D eigenvalue weighted by molar-refractivity contribution is 5.81. The van der Waals surface area contributed by atoms with E-state index in [1.165, 1.54) is 6.07 Å². The molecule has 2 rings (SSSR count). The highest BCUT2D eigenvalue weighted by Crippen LogP contribution is 2.31. The van der Waals surface area contributed by atoms with Gasteiger partial charge in [0.05, 0.1) is 16.7 Å². The van der Waals surface area contributed by atoms with Gasteiger partial charge in [0.1, 0.15) is 0 Å². The van der Waals surface area contributed by atoms with E-state index in [9.17, 15) is 13.2 Å². The van der Waals surface area contributed by atoms with Gasteiger partial charge in [-0.05, 0) is 19.9 Å². The van der Waals surface area contributed by atoms with Crippen molar-refractivity contribution in [3.05, 3.63) is 35.8 Å². The molecule has 0 spiro atoms. The van der Waals surface area contributed by atoms with E-state index in [4.69, 9.17) is 5.73 Å². The van der Waals surface area contributed by atoms with Crippen LogP contribution in [0.3, 0.4) is 0 Å². The molecule has 0 aliphatic heterocycles. The van der Waals surface area contributed by atoms with Crippen molar-refractivity contribution >= 4 is 10.9 Å². The summed E-state index contributed by atoms with van der Waals surface area (Å²) >= 11 is 0. The molecule has 2 aromatic rings. The van der Waals surface area contributed by atoms with Gasteiger partial charge in [-0.15, -0.1) is 0 Å². The fourth-order valence-electron chi connectivity index (χ4n) is 1.69. The van der Waals surface area contributed by atoms with E-state index in [0.717, 1.165) is 0 Å². The highest BCUT2D eigenvalue weighted by Gasteiger charge is 2.36. The van der Waals surface area contributed by atoms with Gasteiger partial charge >= 0.3 is 6.18 Å². The molecule has 1 heterocycles.